The minimum Gasteiger partial charge on any atom is -0.449 e. The molecule has 2 saturated heterocycles. The Morgan fingerprint density at radius 2 is 2.07 bits per heavy atom. The molecule has 1 aliphatic carbocycles. The second-order valence-corrected chi connectivity index (χ2v) is 8.51. The zero-order chi connectivity index (χ0) is 21.2. The number of aromatic nitrogens is 1. The number of rotatable bonds is 3. The topological polar surface area (TPSA) is 93.0 Å². The average Bonchev–Trinajstić information content (AvgIpc) is 3.46. The number of morpholine rings is 1. The van der Waals surface area contributed by atoms with Crippen LogP contribution in [0.1, 0.15) is 18.9 Å². The first-order valence-electron chi connectivity index (χ1n) is 9.62. The Morgan fingerprint density at radius 3 is 2.73 bits per heavy atom. The van der Waals surface area contributed by atoms with E-state index in [1.165, 1.54) is 10.8 Å². The van der Waals surface area contributed by atoms with Gasteiger partial charge in [0, 0.05) is 25.7 Å². The molecule has 0 amide bonds. The minimum atomic E-state index is -1.67. The molecule has 0 bridgehead atoms. The number of carbonyl (C=O) groups is 1. The molecule has 3 heterocycles. The Kier molecular flexibility index (Phi) is 4.71. The average molecular weight is 486 g/mol. The van der Waals surface area contributed by atoms with Crippen LogP contribution in [-0.2, 0) is 4.74 Å². The maximum atomic E-state index is 15.8. The van der Waals surface area contributed by atoms with Crippen LogP contribution in [-0.4, -0.2) is 54.2 Å². The molecule has 2 N–H and O–H groups in total. The molecule has 11 heteroatoms. The summed E-state index contributed by atoms with van der Waals surface area (Å²) in [6.45, 7) is 1.89. The molecule has 8 nitrogen and oxygen atoms in total. The Morgan fingerprint density at radius 1 is 1.30 bits per heavy atom. The van der Waals surface area contributed by atoms with E-state index < -0.39 is 29.0 Å². The van der Waals surface area contributed by atoms with Crippen molar-refractivity contribution in [3.63, 3.8) is 0 Å². The maximum absolute atomic E-state index is 15.8. The highest BCUT2D eigenvalue weighted by Gasteiger charge is 2.39. The molecule has 3 aliphatic rings. The quantitative estimate of drug-likeness (QED) is 0.509. The fourth-order valence-electron chi connectivity index (χ4n) is 4.32. The van der Waals surface area contributed by atoms with Crippen LogP contribution < -0.4 is 20.4 Å². The van der Waals surface area contributed by atoms with Crippen LogP contribution >= 0.6 is 15.9 Å². The van der Waals surface area contributed by atoms with Crippen molar-refractivity contribution in [2.45, 2.75) is 31.0 Å². The molecule has 2 atom stereocenters. The molecule has 1 aromatic heterocycles. The van der Waals surface area contributed by atoms with E-state index in [1.54, 1.807) is 4.90 Å². The second-order valence-electron chi connectivity index (χ2n) is 7.72. The summed E-state index contributed by atoms with van der Waals surface area (Å²) in [5, 5.41) is 11.9. The summed E-state index contributed by atoms with van der Waals surface area (Å²) in [5.74, 6) is -2.25. The lowest BCUT2D eigenvalue weighted by Crippen LogP contribution is -2.47. The Labute approximate surface area is 177 Å². The molecule has 2 aromatic rings. The number of halogens is 3. The largest absolute Gasteiger partial charge is 0.511 e. The van der Waals surface area contributed by atoms with E-state index in [2.05, 4.69) is 26.0 Å². The molecule has 1 saturated carbocycles. The van der Waals surface area contributed by atoms with Gasteiger partial charge in [0.25, 0.3) is 0 Å². The van der Waals surface area contributed by atoms with Crippen molar-refractivity contribution < 1.29 is 28.2 Å². The molecule has 160 valence electrons. The van der Waals surface area contributed by atoms with Crippen LogP contribution in [0.15, 0.2) is 15.5 Å². The number of ether oxygens (including phenoxy) is 2. The summed E-state index contributed by atoms with van der Waals surface area (Å²) in [6, 6.07) is -0.154. The maximum Gasteiger partial charge on any atom is 0.511 e. The van der Waals surface area contributed by atoms with Crippen molar-refractivity contribution in [2.75, 3.05) is 31.1 Å². The van der Waals surface area contributed by atoms with E-state index in [-0.39, 0.29) is 39.3 Å². The Hall–Kier alpha value is -2.24. The van der Waals surface area contributed by atoms with Gasteiger partial charge in [0.1, 0.15) is 5.69 Å². The van der Waals surface area contributed by atoms with Gasteiger partial charge in [-0.1, -0.05) is 0 Å². The smallest absolute Gasteiger partial charge is 0.449 e. The third-order valence-electron chi connectivity index (χ3n) is 5.80. The first-order valence-corrected chi connectivity index (χ1v) is 10.4. The molecule has 0 spiro atoms. The zero-order valence-electron chi connectivity index (χ0n) is 15.7. The molecule has 1 aromatic carbocycles. The lowest BCUT2D eigenvalue weighted by Gasteiger charge is -2.25. The van der Waals surface area contributed by atoms with Gasteiger partial charge in [0.05, 0.1) is 40.3 Å². The molecular weight excluding hydrogens is 468 g/mol. The fraction of sp³-hybridized carbons (Fsp3) is 0.474. The van der Waals surface area contributed by atoms with Crippen molar-refractivity contribution in [2.24, 2.45) is 0 Å². The van der Waals surface area contributed by atoms with Crippen LogP contribution in [0.25, 0.3) is 10.9 Å². The molecule has 3 fully saturated rings. The number of nitrogens with one attached hydrogen (secondary N) is 1. The van der Waals surface area contributed by atoms with Crippen LogP contribution in [0, 0.1) is 11.6 Å². The van der Waals surface area contributed by atoms with Crippen LogP contribution in [0.5, 0.6) is 5.75 Å². The molecule has 30 heavy (non-hydrogen) atoms. The van der Waals surface area contributed by atoms with Crippen molar-refractivity contribution in [3.05, 3.63) is 32.5 Å². The van der Waals surface area contributed by atoms with E-state index in [4.69, 9.17) is 9.84 Å². The highest BCUT2D eigenvalue weighted by Crippen LogP contribution is 2.43. The van der Waals surface area contributed by atoms with E-state index >= 15 is 8.78 Å². The highest BCUT2D eigenvalue weighted by atomic mass is 79.9. The van der Waals surface area contributed by atoms with Crippen LogP contribution in [0.2, 0.25) is 0 Å². The predicted octanol–water partition coefficient (Wildman–Crippen LogP) is 2.61. The van der Waals surface area contributed by atoms with E-state index in [0.717, 1.165) is 12.8 Å². The molecular formula is C19H18BrF2N3O5. The lowest BCUT2D eigenvalue weighted by molar-refractivity contribution is 0.0212. The first kappa shape index (κ1) is 19.7. The highest BCUT2D eigenvalue weighted by molar-refractivity contribution is 9.10. The van der Waals surface area contributed by atoms with E-state index in [1.807, 2.05) is 0 Å². The van der Waals surface area contributed by atoms with Gasteiger partial charge in [0.2, 0.25) is 5.43 Å². The Balaban J connectivity index is 1.72. The molecule has 2 aliphatic heterocycles. The van der Waals surface area contributed by atoms with Gasteiger partial charge in [0.15, 0.2) is 17.4 Å². The standard InChI is InChI=1S/C19H18BrF2N3O5/c20-13-12-16(25(8-1-2-8)7-11(18(12)26)30-19(27)28)15(22)17(14(13)21)24-5-9-10(6-24)29-4-3-23-9/h7-10,23H,1-6H2,(H,27,28)/t9-,10+/m1/s1. The number of fused-ring (bicyclic) bond motifs is 2. The van der Waals surface area contributed by atoms with Crippen molar-refractivity contribution in [1.29, 1.82) is 0 Å². The van der Waals surface area contributed by atoms with Gasteiger partial charge < -0.3 is 29.4 Å². The van der Waals surface area contributed by atoms with Gasteiger partial charge >= 0.3 is 6.16 Å². The minimum absolute atomic E-state index is 0.0380. The van der Waals surface area contributed by atoms with E-state index in [9.17, 15) is 9.59 Å². The number of pyridine rings is 1. The summed E-state index contributed by atoms with van der Waals surface area (Å²) < 4.78 is 42.7. The van der Waals surface area contributed by atoms with Crippen molar-refractivity contribution in [3.8, 4) is 5.75 Å². The van der Waals surface area contributed by atoms with Crippen LogP contribution in [0.3, 0.4) is 0 Å². The molecule has 0 unspecified atom stereocenters. The van der Waals surface area contributed by atoms with Crippen LogP contribution in [0.4, 0.5) is 19.3 Å². The fourth-order valence-corrected chi connectivity index (χ4v) is 4.88. The molecule has 5 rings (SSSR count). The summed E-state index contributed by atoms with van der Waals surface area (Å²) in [4.78, 5) is 25.4. The van der Waals surface area contributed by atoms with Gasteiger partial charge in [-0.15, -0.1) is 0 Å². The zero-order valence-corrected chi connectivity index (χ0v) is 17.2. The normalized spacial score (nSPS) is 23.6. The third kappa shape index (κ3) is 3.07. The van der Waals surface area contributed by atoms with Gasteiger partial charge in [-0.05, 0) is 28.8 Å². The number of hydrogen-bond acceptors (Lipinski definition) is 6. The predicted molar refractivity (Wildman–Crippen MR) is 106 cm³/mol. The first-order chi connectivity index (χ1) is 14.4. The van der Waals surface area contributed by atoms with Gasteiger partial charge in [-0.2, -0.15) is 0 Å². The number of nitrogens with zero attached hydrogens (tertiary/aromatic N) is 2. The van der Waals surface area contributed by atoms with Gasteiger partial charge in [-0.25, -0.2) is 13.6 Å². The summed E-state index contributed by atoms with van der Waals surface area (Å²) in [5.41, 5.74) is -1.18. The van der Waals surface area contributed by atoms with Gasteiger partial charge in [-0.3, -0.25) is 4.79 Å². The summed E-state index contributed by atoms with van der Waals surface area (Å²) in [7, 11) is 0. The lowest BCUT2D eigenvalue weighted by atomic mass is 10.1. The monoisotopic (exact) mass is 485 g/mol. The SMILES string of the molecule is O=C(O)Oc1cn(C2CC2)c2c(F)c(N3C[C@@H]4OCCN[C@@H]4C3)c(F)c(Br)c2c1=O. The number of hydrogen-bond donors (Lipinski definition) is 2. The van der Waals surface area contributed by atoms with Crippen molar-refractivity contribution >= 4 is 38.7 Å². The van der Waals surface area contributed by atoms with E-state index in [0.29, 0.717) is 26.2 Å². The summed E-state index contributed by atoms with van der Waals surface area (Å²) in [6.07, 6.45) is 0.820. The van der Waals surface area contributed by atoms with Crippen molar-refractivity contribution in [1.82, 2.24) is 9.88 Å². The third-order valence-corrected chi connectivity index (χ3v) is 6.54. The molecule has 0 radical (unpaired) electrons. The second kappa shape index (κ2) is 7.17. The number of anilines is 1. The Bertz CT molecular complexity index is 1110. The number of benzene rings is 1. The summed E-state index contributed by atoms with van der Waals surface area (Å²) >= 11 is 3.11. The number of carboxylic acid groups (broad SMARTS) is 1.